The van der Waals surface area contributed by atoms with Gasteiger partial charge in [-0.15, -0.1) is 0 Å². The topological polar surface area (TPSA) is 41.1 Å². The SMILES string of the molecule is O=C(CCNCCC1CCCCC1)NC1CC1. The summed E-state index contributed by atoms with van der Waals surface area (Å²) in [5.74, 6) is 1.16. The minimum atomic E-state index is 0.220. The number of hydrogen-bond acceptors (Lipinski definition) is 2. The van der Waals surface area contributed by atoms with E-state index in [1.54, 1.807) is 0 Å². The summed E-state index contributed by atoms with van der Waals surface area (Å²) in [7, 11) is 0. The summed E-state index contributed by atoms with van der Waals surface area (Å²) < 4.78 is 0. The largest absolute Gasteiger partial charge is 0.353 e. The van der Waals surface area contributed by atoms with Crippen LogP contribution in [-0.4, -0.2) is 25.0 Å². The summed E-state index contributed by atoms with van der Waals surface area (Å²) in [4.78, 5) is 11.4. The molecule has 1 amide bonds. The average Bonchev–Trinajstić information content (AvgIpc) is 3.14. The average molecular weight is 238 g/mol. The first-order valence-corrected chi connectivity index (χ1v) is 7.34. The second-order valence-corrected chi connectivity index (χ2v) is 5.63. The van der Waals surface area contributed by atoms with E-state index >= 15 is 0 Å². The number of carbonyl (C=O) groups excluding carboxylic acids is 1. The molecular weight excluding hydrogens is 212 g/mol. The third kappa shape index (κ3) is 5.53. The van der Waals surface area contributed by atoms with Gasteiger partial charge in [0.05, 0.1) is 0 Å². The van der Waals surface area contributed by atoms with Gasteiger partial charge in [-0.3, -0.25) is 4.79 Å². The molecule has 2 rings (SSSR count). The van der Waals surface area contributed by atoms with Crippen molar-refractivity contribution >= 4 is 5.91 Å². The van der Waals surface area contributed by atoms with Crippen LogP contribution in [0.15, 0.2) is 0 Å². The van der Waals surface area contributed by atoms with Crippen molar-refractivity contribution in [3.05, 3.63) is 0 Å². The third-order valence-corrected chi connectivity index (χ3v) is 3.93. The Kier molecular flexibility index (Phi) is 5.30. The minimum Gasteiger partial charge on any atom is -0.353 e. The highest BCUT2D eigenvalue weighted by Gasteiger charge is 2.22. The highest BCUT2D eigenvalue weighted by atomic mass is 16.1. The van der Waals surface area contributed by atoms with Crippen LogP contribution in [0.3, 0.4) is 0 Å². The summed E-state index contributed by atoms with van der Waals surface area (Å²) in [5, 5.41) is 6.41. The summed E-state index contributed by atoms with van der Waals surface area (Å²) in [6.07, 6.45) is 11.4. The van der Waals surface area contributed by atoms with Crippen molar-refractivity contribution in [2.45, 2.75) is 63.8 Å². The van der Waals surface area contributed by atoms with Crippen LogP contribution in [0.5, 0.6) is 0 Å². The molecular formula is C14H26N2O. The summed E-state index contributed by atoms with van der Waals surface area (Å²) in [6, 6.07) is 0.504. The van der Waals surface area contributed by atoms with Crippen LogP contribution in [0.2, 0.25) is 0 Å². The molecule has 3 nitrogen and oxygen atoms in total. The van der Waals surface area contributed by atoms with Crippen molar-refractivity contribution in [2.75, 3.05) is 13.1 Å². The molecule has 0 aromatic heterocycles. The Morgan fingerprint density at radius 1 is 1.00 bits per heavy atom. The lowest BCUT2D eigenvalue weighted by Gasteiger charge is -2.21. The first-order valence-electron chi connectivity index (χ1n) is 7.34. The van der Waals surface area contributed by atoms with E-state index in [-0.39, 0.29) is 5.91 Å². The molecule has 0 saturated heterocycles. The van der Waals surface area contributed by atoms with Crippen LogP contribution < -0.4 is 10.6 Å². The van der Waals surface area contributed by atoms with Crippen molar-refractivity contribution in [3.63, 3.8) is 0 Å². The predicted octanol–water partition coefficient (Wildman–Crippen LogP) is 2.22. The van der Waals surface area contributed by atoms with Crippen molar-refractivity contribution in [1.29, 1.82) is 0 Å². The van der Waals surface area contributed by atoms with E-state index in [0.29, 0.717) is 12.5 Å². The minimum absolute atomic E-state index is 0.220. The monoisotopic (exact) mass is 238 g/mol. The van der Waals surface area contributed by atoms with E-state index in [4.69, 9.17) is 0 Å². The number of carbonyl (C=O) groups is 1. The molecule has 0 radical (unpaired) electrons. The second kappa shape index (κ2) is 7.00. The molecule has 3 heteroatoms. The zero-order valence-electron chi connectivity index (χ0n) is 10.8. The highest BCUT2D eigenvalue weighted by Crippen LogP contribution is 2.25. The Labute approximate surface area is 105 Å². The molecule has 0 heterocycles. The standard InChI is InChI=1S/C14H26N2O/c17-14(16-13-6-7-13)9-11-15-10-8-12-4-2-1-3-5-12/h12-13,15H,1-11H2,(H,16,17). The molecule has 2 aliphatic carbocycles. The molecule has 0 aromatic carbocycles. The molecule has 0 bridgehead atoms. The van der Waals surface area contributed by atoms with Crippen molar-refractivity contribution in [3.8, 4) is 0 Å². The van der Waals surface area contributed by atoms with Gasteiger partial charge in [0, 0.05) is 19.0 Å². The van der Waals surface area contributed by atoms with E-state index < -0.39 is 0 Å². The van der Waals surface area contributed by atoms with Gasteiger partial charge < -0.3 is 10.6 Å². The smallest absolute Gasteiger partial charge is 0.221 e. The maximum atomic E-state index is 11.4. The quantitative estimate of drug-likeness (QED) is 0.668. The molecule has 2 N–H and O–H groups in total. The molecule has 0 atom stereocenters. The van der Waals surface area contributed by atoms with Gasteiger partial charge >= 0.3 is 0 Å². The van der Waals surface area contributed by atoms with Gasteiger partial charge in [-0.25, -0.2) is 0 Å². The zero-order chi connectivity index (χ0) is 11.9. The lowest BCUT2D eigenvalue weighted by atomic mass is 9.87. The normalized spacial score (nSPS) is 21.4. The van der Waals surface area contributed by atoms with Crippen LogP contribution >= 0.6 is 0 Å². The Bertz CT molecular complexity index is 232. The van der Waals surface area contributed by atoms with Crippen LogP contribution in [-0.2, 0) is 4.79 Å². The van der Waals surface area contributed by atoms with Gasteiger partial charge in [0.1, 0.15) is 0 Å². The molecule has 0 spiro atoms. The van der Waals surface area contributed by atoms with Crippen LogP contribution in [0, 0.1) is 5.92 Å². The van der Waals surface area contributed by atoms with Gasteiger partial charge in [0.25, 0.3) is 0 Å². The number of rotatable bonds is 7. The number of amides is 1. The maximum Gasteiger partial charge on any atom is 0.221 e. The third-order valence-electron chi connectivity index (χ3n) is 3.93. The highest BCUT2D eigenvalue weighted by molar-refractivity contribution is 5.76. The Hall–Kier alpha value is -0.570. The molecule has 2 fully saturated rings. The summed E-state index contributed by atoms with van der Waals surface area (Å²) >= 11 is 0. The van der Waals surface area contributed by atoms with Crippen molar-refractivity contribution < 1.29 is 4.79 Å². The van der Waals surface area contributed by atoms with Crippen LogP contribution in [0.25, 0.3) is 0 Å². The van der Waals surface area contributed by atoms with Crippen molar-refractivity contribution in [2.24, 2.45) is 5.92 Å². The van der Waals surface area contributed by atoms with E-state index in [0.717, 1.165) is 19.0 Å². The van der Waals surface area contributed by atoms with Crippen molar-refractivity contribution in [1.82, 2.24) is 10.6 Å². The zero-order valence-corrected chi connectivity index (χ0v) is 10.8. The van der Waals surface area contributed by atoms with Crippen LogP contribution in [0.1, 0.15) is 57.8 Å². The molecule has 17 heavy (non-hydrogen) atoms. The van der Waals surface area contributed by atoms with Gasteiger partial charge in [-0.2, -0.15) is 0 Å². The molecule has 0 aromatic rings. The molecule has 2 aliphatic rings. The molecule has 0 unspecified atom stereocenters. The fraction of sp³-hybridized carbons (Fsp3) is 0.929. The molecule has 98 valence electrons. The fourth-order valence-corrected chi connectivity index (χ4v) is 2.64. The molecule has 0 aliphatic heterocycles. The van der Waals surface area contributed by atoms with Gasteiger partial charge in [0.15, 0.2) is 0 Å². The lowest BCUT2D eigenvalue weighted by Crippen LogP contribution is -2.29. The van der Waals surface area contributed by atoms with E-state index in [1.807, 2.05) is 0 Å². The van der Waals surface area contributed by atoms with E-state index in [2.05, 4.69) is 10.6 Å². The van der Waals surface area contributed by atoms with E-state index in [1.165, 1.54) is 51.4 Å². The number of hydrogen-bond donors (Lipinski definition) is 2. The summed E-state index contributed by atoms with van der Waals surface area (Å²) in [5.41, 5.74) is 0. The van der Waals surface area contributed by atoms with E-state index in [9.17, 15) is 4.79 Å². The summed E-state index contributed by atoms with van der Waals surface area (Å²) in [6.45, 7) is 1.92. The first-order chi connectivity index (χ1) is 8.34. The maximum absolute atomic E-state index is 11.4. The Morgan fingerprint density at radius 3 is 2.47 bits per heavy atom. The molecule has 2 saturated carbocycles. The fourth-order valence-electron chi connectivity index (χ4n) is 2.64. The van der Waals surface area contributed by atoms with Crippen LogP contribution in [0.4, 0.5) is 0 Å². The second-order valence-electron chi connectivity index (χ2n) is 5.63. The van der Waals surface area contributed by atoms with Gasteiger partial charge in [0.2, 0.25) is 5.91 Å². The lowest BCUT2D eigenvalue weighted by molar-refractivity contribution is -0.121. The predicted molar refractivity (Wildman–Crippen MR) is 69.8 cm³/mol. The Balaban J connectivity index is 1.41. The first kappa shape index (κ1) is 12.9. The number of nitrogens with one attached hydrogen (secondary N) is 2. The van der Waals surface area contributed by atoms with Gasteiger partial charge in [-0.05, 0) is 31.7 Å². The van der Waals surface area contributed by atoms with Gasteiger partial charge in [-0.1, -0.05) is 32.1 Å². The Morgan fingerprint density at radius 2 is 1.76 bits per heavy atom.